The molecule has 0 amide bonds. The average molecular weight is 249 g/mol. The number of unbranched alkanes of at least 4 members (excludes halogenated alkanes) is 1. The van der Waals surface area contributed by atoms with Gasteiger partial charge in [-0.05, 0) is 48.9 Å². The van der Waals surface area contributed by atoms with Crippen molar-refractivity contribution in [3.8, 4) is 5.75 Å². The second-order valence-corrected chi connectivity index (χ2v) is 5.19. The van der Waals surface area contributed by atoms with Crippen LogP contribution in [0.25, 0.3) is 0 Å². The summed E-state index contributed by atoms with van der Waals surface area (Å²) in [6.45, 7) is 5.26. The lowest BCUT2D eigenvalue weighted by atomic mass is 9.75. The van der Waals surface area contributed by atoms with Crippen LogP contribution >= 0.6 is 0 Å². The minimum atomic E-state index is 0.252. The van der Waals surface area contributed by atoms with Crippen LogP contribution in [0.2, 0.25) is 0 Å². The van der Waals surface area contributed by atoms with Gasteiger partial charge in [-0.15, -0.1) is 0 Å². The summed E-state index contributed by atoms with van der Waals surface area (Å²) < 4.78 is 5.29. The Kier molecular flexibility index (Phi) is 6.20. The zero-order valence-electron chi connectivity index (χ0n) is 12.0. The first-order valence-corrected chi connectivity index (χ1v) is 7.02. The van der Waals surface area contributed by atoms with E-state index < -0.39 is 0 Å². The van der Waals surface area contributed by atoms with Crippen LogP contribution in [0.15, 0.2) is 24.3 Å². The highest BCUT2D eigenvalue weighted by Crippen LogP contribution is 2.32. The third kappa shape index (κ3) is 4.02. The van der Waals surface area contributed by atoms with Gasteiger partial charge in [0.05, 0.1) is 7.11 Å². The second kappa shape index (κ2) is 7.42. The fourth-order valence-corrected chi connectivity index (χ4v) is 2.48. The minimum Gasteiger partial charge on any atom is -0.497 e. The Balaban J connectivity index is 2.81. The van der Waals surface area contributed by atoms with Crippen molar-refractivity contribution in [1.29, 1.82) is 0 Å². The van der Waals surface area contributed by atoms with Crippen LogP contribution in [0.1, 0.15) is 45.1 Å². The number of methoxy groups -OCH3 is 1. The zero-order chi connectivity index (χ0) is 13.4. The largest absolute Gasteiger partial charge is 0.497 e. The van der Waals surface area contributed by atoms with Crippen molar-refractivity contribution in [2.75, 3.05) is 13.7 Å². The molecule has 0 aliphatic rings. The van der Waals surface area contributed by atoms with E-state index >= 15 is 0 Å². The molecule has 0 radical (unpaired) electrons. The van der Waals surface area contributed by atoms with Crippen molar-refractivity contribution >= 4 is 0 Å². The predicted octanol–water partition coefficient (Wildman–Crippen LogP) is 3.78. The van der Waals surface area contributed by atoms with Crippen LogP contribution in [0, 0.1) is 5.41 Å². The lowest BCUT2D eigenvalue weighted by Gasteiger charge is -2.32. The van der Waals surface area contributed by atoms with Gasteiger partial charge in [0.25, 0.3) is 0 Å². The fraction of sp³-hybridized carbons (Fsp3) is 0.625. The Morgan fingerprint density at radius 3 is 2.61 bits per heavy atom. The van der Waals surface area contributed by atoms with Crippen molar-refractivity contribution < 1.29 is 4.74 Å². The van der Waals surface area contributed by atoms with Crippen molar-refractivity contribution in [2.24, 2.45) is 11.1 Å². The van der Waals surface area contributed by atoms with E-state index in [4.69, 9.17) is 10.5 Å². The van der Waals surface area contributed by atoms with Gasteiger partial charge in [0.2, 0.25) is 0 Å². The van der Waals surface area contributed by atoms with E-state index in [1.54, 1.807) is 7.11 Å². The molecule has 1 aromatic rings. The molecule has 0 heterocycles. The van der Waals surface area contributed by atoms with Gasteiger partial charge >= 0.3 is 0 Å². The van der Waals surface area contributed by atoms with Crippen molar-refractivity contribution in [1.82, 2.24) is 0 Å². The average Bonchev–Trinajstić information content (AvgIpc) is 2.44. The number of ether oxygens (including phenoxy) is 1. The van der Waals surface area contributed by atoms with E-state index in [2.05, 4.69) is 32.0 Å². The predicted molar refractivity (Wildman–Crippen MR) is 78.0 cm³/mol. The second-order valence-electron chi connectivity index (χ2n) is 5.19. The molecule has 0 saturated heterocycles. The van der Waals surface area contributed by atoms with Gasteiger partial charge in [0, 0.05) is 0 Å². The summed E-state index contributed by atoms with van der Waals surface area (Å²) in [5.41, 5.74) is 7.63. The monoisotopic (exact) mass is 249 g/mol. The number of nitrogens with two attached hydrogens (primary N) is 1. The summed E-state index contributed by atoms with van der Waals surface area (Å²) in [4.78, 5) is 0. The van der Waals surface area contributed by atoms with Crippen molar-refractivity contribution in [3.05, 3.63) is 29.8 Å². The topological polar surface area (TPSA) is 35.2 Å². The summed E-state index contributed by atoms with van der Waals surface area (Å²) in [5, 5.41) is 0. The summed E-state index contributed by atoms with van der Waals surface area (Å²) in [5.74, 6) is 0.935. The smallest absolute Gasteiger partial charge is 0.119 e. The van der Waals surface area contributed by atoms with E-state index in [1.807, 2.05) is 6.07 Å². The fourth-order valence-electron chi connectivity index (χ4n) is 2.48. The highest BCUT2D eigenvalue weighted by Gasteiger charge is 2.26. The van der Waals surface area contributed by atoms with Crippen LogP contribution in [-0.2, 0) is 6.42 Å². The van der Waals surface area contributed by atoms with Crippen LogP contribution in [-0.4, -0.2) is 13.7 Å². The van der Waals surface area contributed by atoms with Crippen molar-refractivity contribution in [2.45, 2.75) is 46.0 Å². The van der Waals surface area contributed by atoms with Gasteiger partial charge in [0.15, 0.2) is 0 Å². The van der Waals surface area contributed by atoms with Gasteiger partial charge in [0.1, 0.15) is 5.75 Å². The van der Waals surface area contributed by atoms with Crippen molar-refractivity contribution in [3.63, 3.8) is 0 Å². The van der Waals surface area contributed by atoms with Gasteiger partial charge in [-0.3, -0.25) is 0 Å². The molecular weight excluding hydrogens is 222 g/mol. The normalized spacial score (nSPS) is 14.2. The summed E-state index contributed by atoms with van der Waals surface area (Å²) >= 11 is 0. The Morgan fingerprint density at radius 1 is 1.28 bits per heavy atom. The maximum atomic E-state index is 6.05. The molecule has 2 heteroatoms. The first kappa shape index (κ1) is 15.0. The number of rotatable bonds is 8. The molecule has 18 heavy (non-hydrogen) atoms. The third-order valence-corrected chi connectivity index (χ3v) is 3.96. The number of hydrogen-bond acceptors (Lipinski definition) is 2. The molecule has 1 aromatic carbocycles. The van der Waals surface area contributed by atoms with Gasteiger partial charge in [-0.1, -0.05) is 38.8 Å². The van der Waals surface area contributed by atoms with Gasteiger partial charge in [-0.2, -0.15) is 0 Å². The quantitative estimate of drug-likeness (QED) is 0.761. The number of hydrogen-bond donors (Lipinski definition) is 1. The van der Waals surface area contributed by atoms with Crippen LogP contribution in [0.4, 0.5) is 0 Å². The molecule has 0 saturated carbocycles. The van der Waals surface area contributed by atoms with Crippen LogP contribution < -0.4 is 10.5 Å². The molecule has 0 spiro atoms. The lowest BCUT2D eigenvalue weighted by molar-refractivity contribution is 0.251. The van der Waals surface area contributed by atoms with Crippen LogP contribution in [0.5, 0.6) is 5.75 Å². The molecule has 0 aliphatic heterocycles. The Morgan fingerprint density at radius 2 is 2.06 bits per heavy atom. The number of benzene rings is 1. The highest BCUT2D eigenvalue weighted by molar-refractivity contribution is 5.29. The van der Waals surface area contributed by atoms with E-state index in [9.17, 15) is 0 Å². The molecule has 2 N–H and O–H groups in total. The Labute approximate surface area is 112 Å². The maximum Gasteiger partial charge on any atom is 0.119 e. The summed E-state index contributed by atoms with van der Waals surface area (Å²) in [6, 6.07) is 8.36. The maximum absolute atomic E-state index is 6.05. The van der Waals surface area contributed by atoms with E-state index in [-0.39, 0.29) is 5.41 Å². The Hall–Kier alpha value is -1.02. The molecule has 1 unspecified atom stereocenters. The molecular formula is C16H27NO. The zero-order valence-corrected chi connectivity index (χ0v) is 12.0. The molecule has 0 fully saturated rings. The van der Waals surface area contributed by atoms with Gasteiger partial charge < -0.3 is 10.5 Å². The first-order chi connectivity index (χ1) is 8.69. The molecule has 0 bridgehead atoms. The van der Waals surface area contributed by atoms with Crippen LogP contribution in [0.3, 0.4) is 0 Å². The van der Waals surface area contributed by atoms with Gasteiger partial charge in [-0.25, -0.2) is 0 Å². The molecule has 1 atom stereocenters. The highest BCUT2D eigenvalue weighted by atomic mass is 16.5. The SMILES string of the molecule is CCCCC(CC)(CN)Cc1cccc(OC)c1. The third-order valence-electron chi connectivity index (χ3n) is 3.96. The standard InChI is InChI=1S/C16H27NO/c1-4-6-10-16(5-2,13-17)12-14-8-7-9-15(11-14)18-3/h7-9,11H,4-6,10,12-13,17H2,1-3H3. The molecule has 2 nitrogen and oxygen atoms in total. The molecule has 102 valence electrons. The lowest BCUT2D eigenvalue weighted by Crippen LogP contribution is -2.32. The van der Waals surface area contributed by atoms with E-state index in [0.717, 1.165) is 25.1 Å². The summed E-state index contributed by atoms with van der Waals surface area (Å²) in [7, 11) is 1.71. The minimum absolute atomic E-state index is 0.252. The summed E-state index contributed by atoms with van der Waals surface area (Å²) in [6.07, 6.45) is 5.90. The molecule has 0 aliphatic carbocycles. The molecule has 0 aromatic heterocycles. The van der Waals surface area contributed by atoms with E-state index in [1.165, 1.54) is 24.8 Å². The van der Waals surface area contributed by atoms with E-state index in [0.29, 0.717) is 0 Å². The molecule has 1 rings (SSSR count). The first-order valence-electron chi connectivity index (χ1n) is 7.02. The Bertz CT molecular complexity index is 345.